The topological polar surface area (TPSA) is 101 Å². The number of carbonyl (C=O) groups is 3. The smallest absolute Gasteiger partial charge is 0.302 e. The summed E-state index contributed by atoms with van der Waals surface area (Å²) in [4.78, 5) is 32.3. The summed E-state index contributed by atoms with van der Waals surface area (Å²) in [7, 11) is 0. The van der Waals surface area contributed by atoms with Crippen LogP contribution in [0, 0.1) is 11.3 Å². The van der Waals surface area contributed by atoms with Crippen LogP contribution in [-0.2, 0) is 19.1 Å². The number of hydrogen-bond acceptors (Lipinski definition) is 5. The first-order valence-electron chi connectivity index (χ1n) is 13.0. The van der Waals surface area contributed by atoms with Gasteiger partial charge in [0.1, 0.15) is 11.7 Å². The number of Topliss-reactive ketones (excluding diaryl/α,β-unsaturated/α-hetero) is 1. The third-order valence-corrected chi connectivity index (χ3v) is 7.62. The fraction of sp³-hybridized carbons (Fsp3) is 0.690. The SMILES string of the molecule is CC(=O)O.CC(=O)OC1CCC/C(=C/C=C2\CCCC3(C)C(CCCC(=O)C(C)(C)O)=CCC23)C1. The lowest BCUT2D eigenvalue weighted by Gasteiger charge is -2.41. The highest BCUT2D eigenvalue weighted by Gasteiger charge is 2.44. The van der Waals surface area contributed by atoms with Gasteiger partial charge in [-0.3, -0.25) is 14.4 Å². The minimum atomic E-state index is -1.22. The van der Waals surface area contributed by atoms with Crippen LogP contribution in [0.1, 0.15) is 105 Å². The third kappa shape index (κ3) is 8.75. The van der Waals surface area contributed by atoms with Crippen LogP contribution in [0.4, 0.5) is 0 Å². The van der Waals surface area contributed by atoms with Crippen molar-refractivity contribution in [1.29, 1.82) is 0 Å². The first kappa shape index (κ1) is 29.0. The number of allylic oxidation sites excluding steroid dienone is 5. The molecule has 0 amide bonds. The number of esters is 1. The Morgan fingerprint density at radius 1 is 1.17 bits per heavy atom. The molecule has 3 aliphatic carbocycles. The van der Waals surface area contributed by atoms with Crippen molar-refractivity contribution in [1.82, 2.24) is 0 Å². The number of ketones is 1. The Balaban J connectivity index is 0.00000100. The number of rotatable bonds is 7. The van der Waals surface area contributed by atoms with Crippen LogP contribution in [0.5, 0.6) is 0 Å². The molecule has 0 saturated heterocycles. The Labute approximate surface area is 210 Å². The second kappa shape index (κ2) is 12.7. The quantitative estimate of drug-likeness (QED) is 0.332. The van der Waals surface area contributed by atoms with Crippen LogP contribution in [0.25, 0.3) is 0 Å². The average molecular weight is 489 g/mol. The largest absolute Gasteiger partial charge is 0.481 e. The zero-order valence-corrected chi connectivity index (χ0v) is 22.2. The van der Waals surface area contributed by atoms with E-state index in [1.807, 2.05) is 0 Å². The van der Waals surface area contributed by atoms with Crippen molar-refractivity contribution in [3.8, 4) is 0 Å². The molecule has 6 nitrogen and oxygen atoms in total. The van der Waals surface area contributed by atoms with Crippen molar-refractivity contribution in [2.75, 3.05) is 0 Å². The van der Waals surface area contributed by atoms with Crippen molar-refractivity contribution in [3.63, 3.8) is 0 Å². The monoisotopic (exact) mass is 488 g/mol. The van der Waals surface area contributed by atoms with Gasteiger partial charge in [-0.25, -0.2) is 0 Å². The molecule has 3 unspecified atom stereocenters. The molecular formula is C29H44O6. The normalized spacial score (nSPS) is 28.6. The molecular weight excluding hydrogens is 444 g/mol. The van der Waals surface area contributed by atoms with Gasteiger partial charge in [0.05, 0.1) is 0 Å². The zero-order valence-electron chi connectivity index (χ0n) is 22.2. The molecule has 0 aromatic carbocycles. The molecule has 2 saturated carbocycles. The Hall–Kier alpha value is -2.21. The number of carbonyl (C=O) groups excluding carboxylic acids is 2. The van der Waals surface area contributed by atoms with E-state index in [-0.39, 0.29) is 23.3 Å². The average Bonchev–Trinajstić information content (AvgIpc) is 3.07. The summed E-state index contributed by atoms with van der Waals surface area (Å²) in [6.07, 6.45) is 18.0. The molecule has 196 valence electrons. The molecule has 3 atom stereocenters. The minimum absolute atomic E-state index is 0.0406. The van der Waals surface area contributed by atoms with Gasteiger partial charge in [0, 0.05) is 26.7 Å². The maximum Gasteiger partial charge on any atom is 0.302 e. The van der Waals surface area contributed by atoms with Gasteiger partial charge in [-0.15, -0.1) is 0 Å². The summed E-state index contributed by atoms with van der Waals surface area (Å²) in [5.41, 5.74) is 3.43. The predicted molar refractivity (Wildman–Crippen MR) is 137 cm³/mol. The van der Waals surface area contributed by atoms with Crippen LogP contribution in [0.3, 0.4) is 0 Å². The Morgan fingerprint density at radius 2 is 1.86 bits per heavy atom. The second-order valence-electron chi connectivity index (χ2n) is 11.0. The highest BCUT2D eigenvalue weighted by molar-refractivity contribution is 5.86. The predicted octanol–water partition coefficient (Wildman–Crippen LogP) is 6.08. The molecule has 2 N–H and O–H groups in total. The molecule has 0 aliphatic heterocycles. The van der Waals surface area contributed by atoms with Crippen molar-refractivity contribution >= 4 is 17.7 Å². The van der Waals surface area contributed by atoms with Gasteiger partial charge in [-0.2, -0.15) is 0 Å². The summed E-state index contributed by atoms with van der Waals surface area (Å²) < 4.78 is 5.44. The summed E-state index contributed by atoms with van der Waals surface area (Å²) in [6, 6.07) is 0. The fourth-order valence-corrected chi connectivity index (χ4v) is 5.80. The number of ether oxygens (including phenoxy) is 1. The molecule has 6 heteroatoms. The summed E-state index contributed by atoms with van der Waals surface area (Å²) in [5, 5.41) is 17.3. The zero-order chi connectivity index (χ0) is 26.2. The van der Waals surface area contributed by atoms with E-state index >= 15 is 0 Å². The van der Waals surface area contributed by atoms with Gasteiger partial charge in [0.15, 0.2) is 5.78 Å². The first-order chi connectivity index (χ1) is 16.3. The molecule has 3 aliphatic rings. The van der Waals surface area contributed by atoms with Crippen LogP contribution in [0.2, 0.25) is 0 Å². The first-order valence-corrected chi connectivity index (χ1v) is 13.0. The van der Waals surface area contributed by atoms with E-state index in [1.165, 1.54) is 30.9 Å². The molecule has 0 bridgehead atoms. The highest BCUT2D eigenvalue weighted by Crippen LogP contribution is 2.55. The second-order valence-corrected chi connectivity index (χ2v) is 11.0. The van der Waals surface area contributed by atoms with Crippen LogP contribution in [-0.4, -0.2) is 39.6 Å². The standard InChI is InChI=1S/C27H40O4.C2H4O2/c1-19(28)31-23-11-5-8-20(18-23)13-14-21-9-7-17-27(4)22(15-16-24(21)27)10-6-12-25(29)26(2,3)30;1-2(3)4/h13-15,23-24,30H,5-12,16-18H2,1-4H3;1H3,(H,3,4)/b20-13-,21-14+;. The number of hydrogen-bond donors (Lipinski definition) is 2. The molecule has 0 heterocycles. The minimum Gasteiger partial charge on any atom is -0.481 e. The van der Waals surface area contributed by atoms with Crippen LogP contribution in [0.15, 0.2) is 34.9 Å². The number of fused-ring (bicyclic) bond motifs is 1. The van der Waals surface area contributed by atoms with Crippen LogP contribution >= 0.6 is 0 Å². The maximum absolute atomic E-state index is 12.1. The summed E-state index contributed by atoms with van der Waals surface area (Å²) in [6.45, 7) is 8.14. The molecule has 3 rings (SSSR count). The molecule has 0 radical (unpaired) electrons. The molecule has 0 aromatic rings. The van der Waals surface area contributed by atoms with E-state index in [4.69, 9.17) is 14.6 Å². The number of aliphatic hydroxyl groups is 1. The van der Waals surface area contributed by atoms with Crippen molar-refractivity contribution in [2.45, 2.75) is 117 Å². The Kier molecular flexibility index (Phi) is 10.5. The highest BCUT2D eigenvalue weighted by atomic mass is 16.5. The summed E-state index contributed by atoms with van der Waals surface area (Å²) in [5.74, 6) is -0.518. The number of aliphatic carboxylic acids is 1. The Bertz CT molecular complexity index is 868. The lowest BCUT2D eigenvalue weighted by molar-refractivity contribution is -0.147. The van der Waals surface area contributed by atoms with Gasteiger partial charge in [-0.05, 0) is 83.0 Å². The van der Waals surface area contributed by atoms with Gasteiger partial charge in [0.25, 0.3) is 5.97 Å². The fourth-order valence-electron chi connectivity index (χ4n) is 5.80. The van der Waals surface area contributed by atoms with Crippen LogP contribution < -0.4 is 0 Å². The molecule has 35 heavy (non-hydrogen) atoms. The van der Waals surface area contributed by atoms with E-state index in [0.29, 0.717) is 12.3 Å². The molecule has 0 aromatic heterocycles. The van der Waals surface area contributed by atoms with Crippen molar-refractivity contribution < 1.29 is 29.3 Å². The molecule has 2 fully saturated rings. The third-order valence-electron chi connectivity index (χ3n) is 7.62. The van der Waals surface area contributed by atoms with E-state index < -0.39 is 11.6 Å². The van der Waals surface area contributed by atoms with Crippen molar-refractivity contribution in [2.24, 2.45) is 11.3 Å². The van der Waals surface area contributed by atoms with E-state index in [9.17, 15) is 14.7 Å². The van der Waals surface area contributed by atoms with Gasteiger partial charge >= 0.3 is 5.97 Å². The Morgan fingerprint density at radius 3 is 2.49 bits per heavy atom. The van der Waals surface area contributed by atoms with Gasteiger partial charge in [-0.1, -0.05) is 41.9 Å². The van der Waals surface area contributed by atoms with E-state index in [0.717, 1.165) is 58.3 Å². The van der Waals surface area contributed by atoms with Gasteiger partial charge < -0.3 is 14.9 Å². The van der Waals surface area contributed by atoms with Gasteiger partial charge in [0.2, 0.25) is 0 Å². The summed E-state index contributed by atoms with van der Waals surface area (Å²) >= 11 is 0. The number of carboxylic acid groups (broad SMARTS) is 1. The molecule has 0 spiro atoms. The van der Waals surface area contributed by atoms with E-state index in [1.54, 1.807) is 19.4 Å². The van der Waals surface area contributed by atoms with E-state index in [2.05, 4.69) is 25.2 Å². The lowest BCUT2D eigenvalue weighted by Crippen LogP contribution is -2.32. The van der Waals surface area contributed by atoms with Crippen molar-refractivity contribution in [3.05, 3.63) is 34.9 Å². The lowest BCUT2D eigenvalue weighted by atomic mass is 9.63. The maximum atomic E-state index is 12.1. The number of carboxylic acids is 1.